The van der Waals surface area contributed by atoms with E-state index in [1.54, 1.807) is 29.3 Å². The number of benzene rings is 1. The number of nitrogens with one attached hydrogen (secondary N) is 1. The molecule has 1 N–H and O–H groups in total. The number of hydrogen-bond donors (Lipinski definition) is 1. The number of nitrogens with zero attached hydrogens (tertiary/aromatic N) is 3. The number of para-hydroxylation sites is 2. The van der Waals surface area contributed by atoms with E-state index < -0.39 is 0 Å². The van der Waals surface area contributed by atoms with Crippen LogP contribution in [-0.2, 0) is 5.75 Å². The molecule has 108 valence electrons. The Morgan fingerprint density at radius 1 is 1.05 bits per heavy atom. The fraction of sp³-hybridized carbons (Fsp3) is 0.0625. The molecule has 0 fully saturated rings. The Labute approximate surface area is 135 Å². The predicted octanol–water partition coefficient (Wildman–Crippen LogP) is 4.37. The zero-order chi connectivity index (χ0) is 14.8. The van der Waals surface area contributed by atoms with Gasteiger partial charge in [-0.25, -0.2) is 9.97 Å². The lowest BCUT2D eigenvalue weighted by Crippen LogP contribution is -1.84. The van der Waals surface area contributed by atoms with Crippen LogP contribution in [0.3, 0.4) is 0 Å². The van der Waals surface area contributed by atoms with Crippen molar-refractivity contribution < 1.29 is 0 Å². The molecule has 6 heteroatoms. The van der Waals surface area contributed by atoms with E-state index in [0.717, 1.165) is 38.3 Å². The molecule has 4 aromatic rings. The molecule has 0 saturated carbocycles. The SMILES string of the molecule is c1ccc(-c2nc(CSc3nc4ccccc4[nH]3)cs2)nc1. The van der Waals surface area contributed by atoms with Gasteiger partial charge in [-0.05, 0) is 24.3 Å². The van der Waals surface area contributed by atoms with Gasteiger partial charge >= 0.3 is 0 Å². The molecule has 4 nitrogen and oxygen atoms in total. The molecule has 4 rings (SSSR count). The van der Waals surface area contributed by atoms with E-state index in [4.69, 9.17) is 0 Å². The molecule has 3 heterocycles. The highest BCUT2D eigenvalue weighted by molar-refractivity contribution is 7.98. The van der Waals surface area contributed by atoms with Gasteiger partial charge in [0.1, 0.15) is 5.01 Å². The lowest BCUT2D eigenvalue weighted by Gasteiger charge is -1.94. The molecule has 0 amide bonds. The number of aromatic nitrogens is 4. The van der Waals surface area contributed by atoms with E-state index in [1.165, 1.54) is 0 Å². The van der Waals surface area contributed by atoms with Crippen molar-refractivity contribution in [2.75, 3.05) is 0 Å². The fourth-order valence-electron chi connectivity index (χ4n) is 2.12. The van der Waals surface area contributed by atoms with Crippen LogP contribution in [0.4, 0.5) is 0 Å². The van der Waals surface area contributed by atoms with Gasteiger partial charge in [0.15, 0.2) is 5.16 Å². The van der Waals surface area contributed by atoms with Gasteiger partial charge in [-0.15, -0.1) is 11.3 Å². The topological polar surface area (TPSA) is 54.5 Å². The Kier molecular flexibility index (Phi) is 3.62. The third kappa shape index (κ3) is 2.75. The van der Waals surface area contributed by atoms with Crippen molar-refractivity contribution in [2.24, 2.45) is 0 Å². The first-order chi connectivity index (χ1) is 10.9. The summed E-state index contributed by atoms with van der Waals surface area (Å²) in [5, 5.41) is 3.97. The van der Waals surface area contributed by atoms with Crippen LogP contribution in [0.1, 0.15) is 5.69 Å². The normalized spacial score (nSPS) is 11.1. The standard InChI is InChI=1S/C16H12N4S2/c1-2-6-13-12(5-1)19-16(20-13)22-10-11-9-21-15(18-11)14-7-3-4-8-17-14/h1-9H,10H2,(H,19,20). The van der Waals surface area contributed by atoms with Crippen molar-refractivity contribution in [3.63, 3.8) is 0 Å². The minimum atomic E-state index is 0.795. The smallest absolute Gasteiger partial charge is 0.166 e. The van der Waals surface area contributed by atoms with Gasteiger partial charge in [-0.3, -0.25) is 4.98 Å². The number of fused-ring (bicyclic) bond motifs is 1. The van der Waals surface area contributed by atoms with Crippen LogP contribution in [0.25, 0.3) is 21.7 Å². The Balaban J connectivity index is 1.49. The second-order valence-corrected chi connectivity index (χ2v) is 6.53. The molecule has 0 saturated heterocycles. The van der Waals surface area contributed by atoms with E-state index in [2.05, 4.69) is 25.3 Å². The van der Waals surface area contributed by atoms with Gasteiger partial charge in [-0.1, -0.05) is 30.0 Å². The van der Waals surface area contributed by atoms with Gasteiger partial charge in [0.2, 0.25) is 0 Å². The maximum Gasteiger partial charge on any atom is 0.166 e. The first kappa shape index (κ1) is 13.5. The van der Waals surface area contributed by atoms with Crippen LogP contribution in [0, 0.1) is 0 Å². The molecule has 0 spiro atoms. The maximum atomic E-state index is 4.64. The van der Waals surface area contributed by atoms with Crippen LogP contribution in [0.5, 0.6) is 0 Å². The van der Waals surface area contributed by atoms with Gasteiger partial charge in [0, 0.05) is 17.3 Å². The predicted molar refractivity (Wildman–Crippen MR) is 91.0 cm³/mol. The largest absolute Gasteiger partial charge is 0.333 e. The molecule has 0 unspecified atom stereocenters. The molecule has 3 aromatic heterocycles. The molecular weight excluding hydrogens is 312 g/mol. The number of hydrogen-bond acceptors (Lipinski definition) is 5. The quantitative estimate of drug-likeness (QED) is 0.566. The number of aromatic amines is 1. The Bertz CT molecular complexity index is 866. The fourth-order valence-corrected chi connectivity index (χ4v) is 3.80. The minimum Gasteiger partial charge on any atom is -0.333 e. The van der Waals surface area contributed by atoms with Crippen molar-refractivity contribution in [1.82, 2.24) is 19.9 Å². The molecule has 0 aliphatic heterocycles. The summed E-state index contributed by atoms with van der Waals surface area (Å²) in [6.45, 7) is 0. The van der Waals surface area contributed by atoms with Crippen molar-refractivity contribution in [3.8, 4) is 10.7 Å². The highest BCUT2D eigenvalue weighted by Gasteiger charge is 2.08. The molecule has 0 aliphatic rings. The summed E-state index contributed by atoms with van der Waals surface area (Å²) in [5.74, 6) is 0.795. The van der Waals surface area contributed by atoms with Crippen LogP contribution in [0.2, 0.25) is 0 Å². The molecule has 0 bridgehead atoms. The zero-order valence-corrected chi connectivity index (χ0v) is 13.2. The number of imidazole rings is 1. The molecule has 0 atom stereocenters. The van der Waals surface area contributed by atoms with Gasteiger partial charge in [0.25, 0.3) is 0 Å². The Morgan fingerprint density at radius 3 is 2.82 bits per heavy atom. The van der Waals surface area contributed by atoms with E-state index in [1.807, 2.05) is 42.5 Å². The highest BCUT2D eigenvalue weighted by atomic mass is 32.2. The first-order valence-electron chi connectivity index (χ1n) is 6.82. The summed E-state index contributed by atoms with van der Waals surface area (Å²) in [6, 6.07) is 13.9. The number of H-pyrrole nitrogens is 1. The van der Waals surface area contributed by atoms with Gasteiger partial charge in [0.05, 0.1) is 22.4 Å². The van der Waals surface area contributed by atoms with E-state index in [-0.39, 0.29) is 0 Å². The zero-order valence-electron chi connectivity index (χ0n) is 11.6. The number of rotatable bonds is 4. The van der Waals surface area contributed by atoms with Crippen LogP contribution >= 0.6 is 23.1 Å². The third-order valence-electron chi connectivity index (χ3n) is 3.16. The Hall–Kier alpha value is -2.18. The average Bonchev–Trinajstić information content (AvgIpc) is 3.20. The van der Waals surface area contributed by atoms with E-state index >= 15 is 0 Å². The number of thiazole rings is 1. The van der Waals surface area contributed by atoms with Crippen LogP contribution in [-0.4, -0.2) is 19.9 Å². The van der Waals surface area contributed by atoms with Crippen molar-refractivity contribution in [3.05, 3.63) is 59.7 Å². The summed E-state index contributed by atoms with van der Waals surface area (Å²) in [4.78, 5) is 16.9. The molecule has 0 radical (unpaired) electrons. The van der Waals surface area contributed by atoms with E-state index in [0.29, 0.717) is 0 Å². The lowest BCUT2D eigenvalue weighted by atomic mass is 10.3. The summed E-state index contributed by atoms with van der Waals surface area (Å²) < 4.78 is 0. The summed E-state index contributed by atoms with van der Waals surface area (Å²) in [7, 11) is 0. The van der Waals surface area contributed by atoms with Crippen molar-refractivity contribution >= 4 is 34.1 Å². The minimum absolute atomic E-state index is 0.795. The molecular formula is C16H12N4S2. The molecule has 0 aliphatic carbocycles. The first-order valence-corrected chi connectivity index (χ1v) is 8.68. The van der Waals surface area contributed by atoms with Crippen LogP contribution < -0.4 is 0 Å². The molecule has 22 heavy (non-hydrogen) atoms. The lowest BCUT2D eigenvalue weighted by molar-refractivity contribution is 1.07. The van der Waals surface area contributed by atoms with Gasteiger partial charge < -0.3 is 4.98 Å². The van der Waals surface area contributed by atoms with E-state index in [9.17, 15) is 0 Å². The second kappa shape index (κ2) is 5.90. The summed E-state index contributed by atoms with van der Waals surface area (Å²) in [6.07, 6.45) is 1.79. The molecule has 1 aromatic carbocycles. The second-order valence-electron chi connectivity index (χ2n) is 4.71. The summed E-state index contributed by atoms with van der Waals surface area (Å²) >= 11 is 3.29. The van der Waals surface area contributed by atoms with Crippen molar-refractivity contribution in [2.45, 2.75) is 10.9 Å². The van der Waals surface area contributed by atoms with Crippen LogP contribution in [0.15, 0.2) is 59.2 Å². The monoisotopic (exact) mass is 324 g/mol. The Morgan fingerprint density at radius 2 is 1.95 bits per heavy atom. The number of thioether (sulfide) groups is 1. The maximum absolute atomic E-state index is 4.64. The number of pyridine rings is 1. The third-order valence-corrected chi connectivity index (χ3v) is 4.98. The highest BCUT2D eigenvalue weighted by Crippen LogP contribution is 2.26. The van der Waals surface area contributed by atoms with Gasteiger partial charge in [-0.2, -0.15) is 0 Å². The summed E-state index contributed by atoms with van der Waals surface area (Å²) in [5.41, 5.74) is 4.04. The average molecular weight is 324 g/mol. The van der Waals surface area contributed by atoms with Crippen molar-refractivity contribution in [1.29, 1.82) is 0 Å².